The Labute approximate surface area is 152 Å². The number of carbonyl (C=O) groups is 2. The van der Waals surface area contributed by atoms with E-state index in [1.54, 1.807) is 17.9 Å². The molecular formula is C18H24N4O4. The van der Waals surface area contributed by atoms with Crippen molar-refractivity contribution in [2.24, 2.45) is 11.8 Å². The van der Waals surface area contributed by atoms with Crippen LogP contribution in [0.25, 0.3) is 0 Å². The molecule has 4 atom stereocenters. The summed E-state index contributed by atoms with van der Waals surface area (Å²) in [4.78, 5) is 29.5. The van der Waals surface area contributed by atoms with Gasteiger partial charge in [-0.2, -0.15) is 0 Å². The molecule has 0 radical (unpaired) electrons. The highest BCUT2D eigenvalue weighted by Crippen LogP contribution is 2.52. The summed E-state index contributed by atoms with van der Waals surface area (Å²) in [6, 6.07) is 1.72. The van der Waals surface area contributed by atoms with Crippen LogP contribution in [0.2, 0.25) is 0 Å². The maximum atomic E-state index is 13.1. The average molecular weight is 360 g/mol. The van der Waals surface area contributed by atoms with E-state index in [4.69, 9.17) is 9.26 Å². The second kappa shape index (κ2) is 6.21. The van der Waals surface area contributed by atoms with Crippen molar-refractivity contribution in [3.63, 3.8) is 0 Å². The van der Waals surface area contributed by atoms with Gasteiger partial charge < -0.3 is 19.5 Å². The molecule has 26 heavy (non-hydrogen) atoms. The third-order valence-electron chi connectivity index (χ3n) is 5.38. The summed E-state index contributed by atoms with van der Waals surface area (Å²) in [5.74, 6) is -0.136. The predicted molar refractivity (Wildman–Crippen MR) is 93.5 cm³/mol. The first-order valence-electron chi connectivity index (χ1n) is 8.95. The Hall–Kier alpha value is -2.19. The largest absolute Gasteiger partial charge is 0.360 e. The van der Waals surface area contributed by atoms with Crippen LogP contribution in [0.15, 0.2) is 22.7 Å². The molecule has 1 aromatic heterocycles. The van der Waals surface area contributed by atoms with Crippen molar-refractivity contribution in [2.45, 2.75) is 25.0 Å². The Balaban J connectivity index is 1.49. The van der Waals surface area contributed by atoms with Gasteiger partial charge in [-0.15, -0.1) is 0 Å². The number of nitrogens with one attached hydrogen (secondary N) is 1. The zero-order valence-electron chi connectivity index (χ0n) is 15.3. The van der Waals surface area contributed by atoms with Crippen molar-refractivity contribution < 1.29 is 18.8 Å². The molecule has 2 bridgehead atoms. The summed E-state index contributed by atoms with van der Waals surface area (Å²) in [7, 11) is 4.00. The normalized spacial score (nSPS) is 31.9. The van der Waals surface area contributed by atoms with Crippen LogP contribution in [0.4, 0.5) is 5.82 Å². The van der Waals surface area contributed by atoms with Gasteiger partial charge in [-0.3, -0.25) is 14.5 Å². The predicted octanol–water partition coefficient (Wildman–Crippen LogP) is 0.337. The third kappa shape index (κ3) is 2.64. The summed E-state index contributed by atoms with van der Waals surface area (Å²) in [5, 5.41) is 6.92. The molecule has 2 saturated heterocycles. The number of hydrogen-bond donors (Lipinski definition) is 1. The molecule has 0 unspecified atom stereocenters. The zero-order chi connectivity index (χ0) is 18.5. The molecule has 1 spiro atoms. The Kier molecular flexibility index (Phi) is 4.11. The van der Waals surface area contributed by atoms with E-state index in [1.807, 2.05) is 26.2 Å². The number of rotatable bonds is 6. The van der Waals surface area contributed by atoms with Gasteiger partial charge in [0.15, 0.2) is 5.82 Å². The molecule has 0 saturated carbocycles. The van der Waals surface area contributed by atoms with E-state index in [0.717, 1.165) is 13.0 Å². The van der Waals surface area contributed by atoms with Crippen molar-refractivity contribution in [1.82, 2.24) is 15.4 Å². The highest BCUT2D eigenvalue weighted by molar-refractivity contribution is 6.02. The molecule has 0 aliphatic carbocycles. The maximum absolute atomic E-state index is 13.1. The van der Waals surface area contributed by atoms with Gasteiger partial charge in [-0.25, -0.2) is 0 Å². The van der Waals surface area contributed by atoms with Gasteiger partial charge >= 0.3 is 0 Å². The Bertz CT molecular complexity index is 758. The van der Waals surface area contributed by atoms with E-state index in [2.05, 4.69) is 15.4 Å². The van der Waals surface area contributed by atoms with Crippen molar-refractivity contribution in [3.8, 4) is 0 Å². The Morgan fingerprint density at radius 1 is 1.50 bits per heavy atom. The molecule has 8 nitrogen and oxygen atoms in total. The number of ether oxygens (including phenoxy) is 1. The van der Waals surface area contributed by atoms with E-state index in [9.17, 15) is 9.59 Å². The van der Waals surface area contributed by atoms with Crippen molar-refractivity contribution in [3.05, 3.63) is 24.0 Å². The molecule has 3 aliphatic heterocycles. The van der Waals surface area contributed by atoms with Crippen LogP contribution in [0.1, 0.15) is 12.2 Å². The van der Waals surface area contributed by atoms with Gasteiger partial charge in [-0.1, -0.05) is 17.3 Å². The van der Waals surface area contributed by atoms with Crippen molar-refractivity contribution in [2.75, 3.05) is 38.6 Å². The topological polar surface area (TPSA) is 87.9 Å². The summed E-state index contributed by atoms with van der Waals surface area (Å²) in [5.41, 5.74) is -0.736. The first-order chi connectivity index (χ1) is 12.4. The van der Waals surface area contributed by atoms with Crippen LogP contribution < -0.4 is 10.2 Å². The molecule has 8 heteroatoms. The molecule has 3 aliphatic rings. The van der Waals surface area contributed by atoms with Crippen LogP contribution in [0.5, 0.6) is 0 Å². The molecule has 1 aromatic rings. The van der Waals surface area contributed by atoms with Gasteiger partial charge in [0, 0.05) is 12.6 Å². The number of aryl methyl sites for hydroxylation is 1. The Morgan fingerprint density at radius 2 is 2.31 bits per heavy atom. The van der Waals surface area contributed by atoms with Gasteiger partial charge in [0.1, 0.15) is 11.4 Å². The molecule has 0 aromatic carbocycles. The van der Waals surface area contributed by atoms with E-state index >= 15 is 0 Å². The van der Waals surface area contributed by atoms with Crippen LogP contribution in [0, 0.1) is 18.8 Å². The minimum atomic E-state index is -0.736. The summed E-state index contributed by atoms with van der Waals surface area (Å²) in [6.07, 6.45) is 4.37. The molecule has 2 amide bonds. The second-order valence-corrected chi connectivity index (χ2v) is 7.57. The smallest absolute Gasteiger partial charge is 0.235 e. The van der Waals surface area contributed by atoms with Gasteiger partial charge in [0.05, 0.1) is 24.5 Å². The second-order valence-electron chi connectivity index (χ2n) is 7.57. The molecule has 4 heterocycles. The highest BCUT2D eigenvalue weighted by Gasteiger charge is 2.67. The van der Waals surface area contributed by atoms with Crippen LogP contribution in [-0.4, -0.2) is 67.3 Å². The van der Waals surface area contributed by atoms with Crippen LogP contribution >= 0.6 is 0 Å². The number of nitrogens with zero attached hydrogens (tertiary/aromatic N) is 3. The van der Waals surface area contributed by atoms with Crippen LogP contribution in [-0.2, 0) is 14.3 Å². The Morgan fingerprint density at radius 3 is 3.00 bits per heavy atom. The molecule has 4 rings (SSSR count). The number of amides is 2. The van der Waals surface area contributed by atoms with Gasteiger partial charge in [0.25, 0.3) is 0 Å². The molecule has 140 valence electrons. The quantitative estimate of drug-likeness (QED) is 0.581. The van der Waals surface area contributed by atoms with Gasteiger partial charge in [-0.05, 0) is 34.0 Å². The monoisotopic (exact) mass is 360 g/mol. The minimum absolute atomic E-state index is 0.114. The molecule has 1 N–H and O–H groups in total. The standard InChI is InChI=1S/C18H24N4O4/c1-11-9-13(20-26-11)22-10-18-6-5-12(25-18)14(15(18)17(22)24)16(23)19-7-4-8-21(2)3/h5-6,9,12,14-15H,4,7-8,10H2,1-3H3,(H,19,23)/t12-,14+,15+,18-/m1/s1. The molecular weight excluding hydrogens is 336 g/mol. The lowest BCUT2D eigenvalue weighted by Gasteiger charge is -2.23. The third-order valence-corrected chi connectivity index (χ3v) is 5.38. The summed E-state index contributed by atoms with van der Waals surface area (Å²) in [6.45, 7) is 3.63. The fourth-order valence-electron chi connectivity index (χ4n) is 4.20. The van der Waals surface area contributed by atoms with Crippen LogP contribution in [0.3, 0.4) is 0 Å². The fourth-order valence-corrected chi connectivity index (χ4v) is 4.20. The first-order valence-corrected chi connectivity index (χ1v) is 8.95. The number of aromatic nitrogens is 1. The maximum Gasteiger partial charge on any atom is 0.235 e. The van der Waals surface area contributed by atoms with Crippen molar-refractivity contribution >= 4 is 17.6 Å². The SMILES string of the molecule is Cc1cc(N2C[C@@]34C=C[C@@H](O3)[C@H](C(=O)NCCCN(C)C)[C@H]4C2=O)no1. The summed E-state index contributed by atoms with van der Waals surface area (Å²) >= 11 is 0. The first kappa shape index (κ1) is 17.2. The minimum Gasteiger partial charge on any atom is -0.360 e. The van der Waals surface area contributed by atoms with E-state index in [1.165, 1.54) is 0 Å². The van der Waals surface area contributed by atoms with E-state index in [-0.39, 0.29) is 17.9 Å². The number of anilines is 1. The van der Waals surface area contributed by atoms with Gasteiger partial charge in [0.2, 0.25) is 11.8 Å². The zero-order valence-corrected chi connectivity index (χ0v) is 15.3. The lowest BCUT2D eigenvalue weighted by Crippen LogP contribution is -2.44. The lowest BCUT2D eigenvalue weighted by atomic mass is 9.77. The fraction of sp³-hybridized carbons (Fsp3) is 0.611. The van der Waals surface area contributed by atoms with E-state index in [0.29, 0.717) is 24.7 Å². The molecule has 2 fully saturated rings. The summed E-state index contributed by atoms with van der Waals surface area (Å²) < 4.78 is 11.2. The number of fused-ring (bicyclic) bond motifs is 1. The average Bonchev–Trinajstić information content (AvgIpc) is 3.32. The number of carbonyl (C=O) groups excluding carboxylic acids is 2. The van der Waals surface area contributed by atoms with E-state index < -0.39 is 17.4 Å². The lowest BCUT2D eigenvalue weighted by molar-refractivity contribution is -0.131. The number of hydrogen-bond acceptors (Lipinski definition) is 6. The van der Waals surface area contributed by atoms with Crippen molar-refractivity contribution in [1.29, 1.82) is 0 Å². The highest BCUT2D eigenvalue weighted by atomic mass is 16.5.